The van der Waals surface area contributed by atoms with E-state index in [1.54, 1.807) is 13.3 Å². The fraction of sp³-hybridized carbons (Fsp3) is 0.357. The Morgan fingerprint density at radius 3 is 2.51 bits per heavy atom. The zero-order chi connectivity index (χ0) is 27.9. The average molecular weight is 566 g/mol. The minimum atomic E-state index is -0.476. The van der Waals surface area contributed by atoms with Gasteiger partial charge in [-0.25, -0.2) is 4.98 Å². The molecule has 1 aliphatic heterocycles. The first-order valence-corrected chi connectivity index (χ1v) is 13.2. The topological polar surface area (TPSA) is 103 Å². The number of methoxy groups -OCH3 is 1. The number of nitrogens with zero attached hydrogens (tertiary/aromatic N) is 6. The molecule has 0 unspecified atom stereocenters. The maximum absolute atomic E-state index is 9.95. The van der Waals surface area contributed by atoms with Crippen molar-refractivity contribution in [3.05, 3.63) is 58.0 Å². The summed E-state index contributed by atoms with van der Waals surface area (Å²) >= 11 is 12.7. The van der Waals surface area contributed by atoms with Crippen molar-refractivity contribution >= 4 is 39.9 Å². The molecule has 0 saturated carbocycles. The number of hydrogen-bond acceptors (Lipinski definition) is 8. The van der Waals surface area contributed by atoms with Crippen LogP contribution in [0.3, 0.4) is 0 Å². The van der Waals surface area contributed by atoms with Gasteiger partial charge in [0.25, 0.3) is 0 Å². The van der Waals surface area contributed by atoms with Crippen LogP contribution in [0.25, 0.3) is 22.2 Å². The van der Waals surface area contributed by atoms with Gasteiger partial charge in [0.15, 0.2) is 11.5 Å². The molecule has 39 heavy (non-hydrogen) atoms. The number of pyridine rings is 2. The number of aromatic amines is 1. The highest BCUT2D eigenvalue weighted by Crippen LogP contribution is 2.41. The lowest BCUT2D eigenvalue weighted by molar-refractivity contribution is 0.170. The monoisotopic (exact) mass is 565 g/mol. The van der Waals surface area contributed by atoms with Crippen LogP contribution in [0.1, 0.15) is 31.1 Å². The van der Waals surface area contributed by atoms with Crippen molar-refractivity contribution in [2.24, 2.45) is 5.41 Å². The standard InChI is InChI=1S/C28H29Cl2N7O2/c1-16(25-20(29)11-32-12-21(25)30)39-24-7-19-22(8-23(24)38-5)34-35-26(19)18-6-17(9-31)27(33-10-18)37-14-28(2,15-37)13-36(3)4/h6-8,10-12,16H,13-15H2,1-5H3,(H,34,35)/t16-/m1/s1. The quantitative estimate of drug-likeness (QED) is 0.288. The molecule has 5 rings (SSSR count). The second-order valence-electron chi connectivity index (χ2n) is 10.5. The smallest absolute Gasteiger partial charge is 0.162 e. The Balaban J connectivity index is 1.47. The molecular formula is C28H29Cl2N7O2. The molecule has 1 saturated heterocycles. The maximum atomic E-state index is 9.95. The number of nitriles is 1. The molecule has 0 aliphatic carbocycles. The van der Waals surface area contributed by atoms with E-state index in [9.17, 15) is 5.26 Å². The normalized spacial score (nSPS) is 15.2. The molecule has 1 N–H and O–H groups in total. The summed E-state index contributed by atoms with van der Waals surface area (Å²) in [5.74, 6) is 1.72. The van der Waals surface area contributed by atoms with E-state index in [-0.39, 0.29) is 5.41 Å². The highest BCUT2D eigenvalue weighted by molar-refractivity contribution is 6.35. The number of hydrogen-bond donors (Lipinski definition) is 1. The third-order valence-corrected chi connectivity index (χ3v) is 7.45. The van der Waals surface area contributed by atoms with Crippen molar-refractivity contribution in [2.45, 2.75) is 20.0 Å². The first-order valence-electron chi connectivity index (χ1n) is 12.4. The van der Waals surface area contributed by atoms with E-state index in [1.807, 2.05) is 25.1 Å². The summed E-state index contributed by atoms with van der Waals surface area (Å²) in [6, 6.07) is 7.83. The van der Waals surface area contributed by atoms with Gasteiger partial charge in [0.05, 0.1) is 28.2 Å². The number of benzene rings is 1. The fourth-order valence-electron chi connectivity index (χ4n) is 5.37. The first kappa shape index (κ1) is 27.0. The molecule has 202 valence electrons. The SMILES string of the molecule is COc1cc2[nH]nc(-c3cnc(N4CC(C)(CN(C)C)C4)c(C#N)c3)c2cc1O[C@H](C)c1c(Cl)cncc1Cl. The van der Waals surface area contributed by atoms with E-state index in [2.05, 4.69) is 57.1 Å². The lowest BCUT2D eigenvalue weighted by Crippen LogP contribution is -2.59. The van der Waals surface area contributed by atoms with Gasteiger partial charge in [-0.3, -0.25) is 10.1 Å². The number of ether oxygens (including phenoxy) is 2. The van der Waals surface area contributed by atoms with Crippen LogP contribution in [-0.4, -0.2) is 65.9 Å². The van der Waals surface area contributed by atoms with Crippen molar-refractivity contribution < 1.29 is 9.47 Å². The van der Waals surface area contributed by atoms with Gasteiger partial charge in [-0.15, -0.1) is 0 Å². The molecular weight excluding hydrogens is 537 g/mol. The first-order chi connectivity index (χ1) is 18.6. The molecule has 3 aromatic heterocycles. The van der Waals surface area contributed by atoms with Crippen molar-refractivity contribution in [1.82, 2.24) is 25.1 Å². The van der Waals surface area contributed by atoms with Gasteiger partial charge < -0.3 is 19.3 Å². The predicted octanol–water partition coefficient (Wildman–Crippen LogP) is 5.73. The molecule has 0 radical (unpaired) electrons. The van der Waals surface area contributed by atoms with Crippen molar-refractivity contribution in [2.75, 3.05) is 45.7 Å². The Hall–Kier alpha value is -3.58. The molecule has 1 fully saturated rings. The fourth-order valence-corrected chi connectivity index (χ4v) is 6.04. The third-order valence-electron chi connectivity index (χ3n) is 6.85. The highest BCUT2D eigenvalue weighted by atomic mass is 35.5. The van der Waals surface area contributed by atoms with E-state index in [4.69, 9.17) is 32.7 Å². The Bertz CT molecular complexity index is 1550. The number of anilines is 1. The van der Waals surface area contributed by atoms with Gasteiger partial charge in [-0.1, -0.05) is 30.1 Å². The van der Waals surface area contributed by atoms with E-state index >= 15 is 0 Å². The minimum absolute atomic E-state index is 0.173. The van der Waals surface area contributed by atoms with Crippen LogP contribution in [0, 0.1) is 16.7 Å². The number of H-pyrrole nitrogens is 1. The summed E-state index contributed by atoms with van der Waals surface area (Å²) in [5, 5.41) is 19.2. The Morgan fingerprint density at radius 1 is 1.15 bits per heavy atom. The van der Waals surface area contributed by atoms with Crippen LogP contribution in [0.2, 0.25) is 10.0 Å². The molecule has 1 aliphatic rings. The van der Waals surface area contributed by atoms with Crippen molar-refractivity contribution in [1.29, 1.82) is 5.26 Å². The van der Waals surface area contributed by atoms with E-state index in [0.29, 0.717) is 44.2 Å². The number of fused-ring (bicyclic) bond motifs is 1. The van der Waals surface area contributed by atoms with Crippen LogP contribution < -0.4 is 14.4 Å². The zero-order valence-electron chi connectivity index (χ0n) is 22.4. The molecule has 11 heteroatoms. The summed E-state index contributed by atoms with van der Waals surface area (Å²) in [6.45, 7) is 6.79. The van der Waals surface area contributed by atoms with Crippen LogP contribution in [0.5, 0.6) is 11.5 Å². The van der Waals surface area contributed by atoms with Crippen LogP contribution in [0.4, 0.5) is 5.82 Å². The highest BCUT2D eigenvalue weighted by Gasteiger charge is 2.40. The summed E-state index contributed by atoms with van der Waals surface area (Å²) in [5.41, 5.74) is 3.45. The largest absolute Gasteiger partial charge is 0.493 e. The third kappa shape index (κ3) is 5.20. The molecule has 4 aromatic rings. The molecule has 1 aromatic carbocycles. The van der Waals surface area contributed by atoms with Crippen molar-refractivity contribution in [3.63, 3.8) is 0 Å². The van der Waals surface area contributed by atoms with Gasteiger partial charge >= 0.3 is 0 Å². The maximum Gasteiger partial charge on any atom is 0.162 e. The second kappa shape index (κ2) is 10.5. The predicted molar refractivity (Wildman–Crippen MR) is 153 cm³/mol. The lowest BCUT2D eigenvalue weighted by atomic mass is 9.81. The summed E-state index contributed by atoms with van der Waals surface area (Å²) in [4.78, 5) is 13.0. The van der Waals surface area contributed by atoms with Crippen LogP contribution in [0.15, 0.2) is 36.8 Å². The van der Waals surface area contributed by atoms with Gasteiger partial charge in [-0.2, -0.15) is 10.4 Å². The van der Waals surface area contributed by atoms with Crippen molar-refractivity contribution in [3.8, 4) is 28.8 Å². The van der Waals surface area contributed by atoms with E-state index < -0.39 is 6.10 Å². The summed E-state index contributed by atoms with van der Waals surface area (Å²) in [6.07, 6.45) is 4.35. The second-order valence-corrected chi connectivity index (χ2v) is 11.3. The van der Waals surface area contributed by atoms with Gasteiger partial charge in [0.1, 0.15) is 23.7 Å². The van der Waals surface area contributed by atoms with Gasteiger partial charge in [0, 0.05) is 66.2 Å². The average Bonchev–Trinajstić information content (AvgIpc) is 3.28. The summed E-state index contributed by atoms with van der Waals surface area (Å²) < 4.78 is 11.9. The molecule has 0 spiro atoms. The minimum Gasteiger partial charge on any atom is -0.493 e. The number of aromatic nitrogens is 4. The van der Waals surface area contributed by atoms with Crippen LogP contribution in [-0.2, 0) is 0 Å². The Kier molecular flexibility index (Phi) is 7.29. The van der Waals surface area contributed by atoms with Crippen LogP contribution >= 0.6 is 23.2 Å². The molecule has 9 nitrogen and oxygen atoms in total. The zero-order valence-corrected chi connectivity index (χ0v) is 23.9. The number of halogens is 2. The molecule has 1 atom stereocenters. The van der Waals surface area contributed by atoms with Gasteiger partial charge in [0.2, 0.25) is 0 Å². The Morgan fingerprint density at radius 2 is 1.87 bits per heavy atom. The molecule has 0 amide bonds. The number of nitrogens with one attached hydrogen (secondary N) is 1. The summed E-state index contributed by atoms with van der Waals surface area (Å²) in [7, 11) is 5.72. The Labute approximate surface area is 237 Å². The van der Waals surface area contributed by atoms with E-state index in [1.165, 1.54) is 12.4 Å². The van der Waals surface area contributed by atoms with Gasteiger partial charge in [-0.05, 0) is 33.2 Å². The number of rotatable bonds is 8. The lowest BCUT2D eigenvalue weighted by Gasteiger charge is -2.50. The molecule has 0 bridgehead atoms. The molecule has 4 heterocycles. The van der Waals surface area contributed by atoms with E-state index in [0.717, 1.165) is 36.1 Å².